The van der Waals surface area contributed by atoms with Crippen molar-refractivity contribution in [2.75, 3.05) is 38.2 Å². The Kier molecular flexibility index (Phi) is 4.14. The predicted molar refractivity (Wildman–Crippen MR) is 82.5 cm³/mol. The molecular formula is C14H20N4OS. The third kappa shape index (κ3) is 2.92. The number of nitrogens with zero attached hydrogens (tertiary/aromatic N) is 3. The molecule has 20 heavy (non-hydrogen) atoms. The Morgan fingerprint density at radius 2 is 2.20 bits per heavy atom. The van der Waals surface area contributed by atoms with Gasteiger partial charge in [-0.05, 0) is 24.8 Å². The Hall–Kier alpha value is -1.24. The Labute approximate surface area is 123 Å². The lowest BCUT2D eigenvalue weighted by atomic mass is 10.2. The van der Waals surface area contributed by atoms with Crippen molar-refractivity contribution in [1.82, 2.24) is 14.9 Å². The van der Waals surface area contributed by atoms with E-state index in [9.17, 15) is 0 Å². The summed E-state index contributed by atoms with van der Waals surface area (Å²) in [5.74, 6) is 0.953. The molecule has 0 spiro atoms. The van der Waals surface area contributed by atoms with Crippen molar-refractivity contribution < 1.29 is 4.74 Å². The topological polar surface area (TPSA) is 50.3 Å². The van der Waals surface area contributed by atoms with E-state index in [-0.39, 0.29) is 0 Å². The maximum Gasteiger partial charge on any atom is 0.147 e. The molecule has 0 radical (unpaired) electrons. The number of aromatic nitrogens is 2. The van der Waals surface area contributed by atoms with Crippen LogP contribution >= 0.6 is 11.3 Å². The highest BCUT2D eigenvalue weighted by Gasteiger charge is 2.15. The number of hydrogen-bond acceptors (Lipinski definition) is 6. The van der Waals surface area contributed by atoms with Gasteiger partial charge in [-0.3, -0.25) is 4.90 Å². The van der Waals surface area contributed by atoms with Crippen molar-refractivity contribution in [3.63, 3.8) is 0 Å². The SMILES string of the molecule is Cc1csc2c(NC(C)CN3CCOCC3)ncnc12. The van der Waals surface area contributed by atoms with Crippen LogP contribution in [0.3, 0.4) is 0 Å². The predicted octanol–water partition coefficient (Wildman–Crippen LogP) is 2.13. The Bertz CT molecular complexity index is 580. The van der Waals surface area contributed by atoms with Crippen LogP contribution in [0.2, 0.25) is 0 Å². The number of ether oxygens (including phenoxy) is 1. The van der Waals surface area contributed by atoms with Gasteiger partial charge in [0, 0.05) is 25.7 Å². The van der Waals surface area contributed by atoms with Crippen molar-refractivity contribution in [2.24, 2.45) is 0 Å². The fraction of sp³-hybridized carbons (Fsp3) is 0.571. The summed E-state index contributed by atoms with van der Waals surface area (Å²) in [5.41, 5.74) is 2.28. The van der Waals surface area contributed by atoms with Crippen LogP contribution in [-0.2, 0) is 4.74 Å². The summed E-state index contributed by atoms with van der Waals surface area (Å²) < 4.78 is 6.53. The molecule has 5 nitrogen and oxygen atoms in total. The van der Waals surface area contributed by atoms with Gasteiger partial charge in [0.2, 0.25) is 0 Å². The van der Waals surface area contributed by atoms with Gasteiger partial charge in [-0.25, -0.2) is 9.97 Å². The summed E-state index contributed by atoms with van der Waals surface area (Å²) in [4.78, 5) is 11.2. The van der Waals surface area contributed by atoms with Crippen molar-refractivity contribution in [3.8, 4) is 0 Å². The molecule has 0 aromatic carbocycles. The first-order chi connectivity index (χ1) is 9.74. The number of fused-ring (bicyclic) bond motifs is 1. The molecule has 108 valence electrons. The molecule has 0 amide bonds. The van der Waals surface area contributed by atoms with Crippen molar-refractivity contribution in [2.45, 2.75) is 19.9 Å². The molecule has 3 heterocycles. The summed E-state index contributed by atoms with van der Waals surface area (Å²) in [6.07, 6.45) is 1.64. The molecule has 1 unspecified atom stereocenters. The molecular weight excluding hydrogens is 272 g/mol. The van der Waals surface area contributed by atoms with E-state index in [2.05, 4.69) is 39.4 Å². The highest BCUT2D eigenvalue weighted by Crippen LogP contribution is 2.28. The van der Waals surface area contributed by atoms with Gasteiger partial charge in [-0.15, -0.1) is 11.3 Å². The lowest BCUT2D eigenvalue weighted by Crippen LogP contribution is -2.42. The molecule has 6 heteroatoms. The summed E-state index contributed by atoms with van der Waals surface area (Å²) in [7, 11) is 0. The number of aryl methyl sites for hydroxylation is 1. The van der Waals surface area contributed by atoms with E-state index in [1.54, 1.807) is 17.7 Å². The molecule has 1 atom stereocenters. The molecule has 1 saturated heterocycles. The monoisotopic (exact) mass is 292 g/mol. The second kappa shape index (κ2) is 6.03. The van der Waals surface area contributed by atoms with Gasteiger partial charge in [0.05, 0.1) is 23.4 Å². The zero-order valence-corrected chi connectivity index (χ0v) is 12.7. The maximum absolute atomic E-state index is 5.38. The van der Waals surface area contributed by atoms with E-state index in [4.69, 9.17) is 4.74 Å². The fourth-order valence-corrected chi connectivity index (χ4v) is 3.48. The fourth-order valence-electron chi connectivity index (χ4n) is 2.52. The molecule has 3 rings (SSSR count). The van der Waals surface area contributed by atoms with Gasteiger partial charge < -0.3 is 10.1 Å². The largest absolute Gasteiger partial charge is 0.379 e. The number of morpholine rings is 1. The van der Waals surface area contributed by atoms with Gasteiger partial charge in [-0.1, -0.05) is 0 Å². The second-order valence-corrected chi connectivity index (χ2v) is 6.16. The summed E-state index contributed by atoms with van der Waals surface area (Å²) >= 11 is 1.71. The molecule has 2 aromatic rings. The molecule has 0 bridgehead atoms. The molecule has 2 aromatic heterocycles. The first-order valence-corrected chi connectivity index (χ1v) is 7.87. The van der Waals surface area contributed by atoms with Crippen molar-refractivity contribution in [1.29, 1.82) is 0 Å². The third-order valence-electron chi connectivity index (χ3n) is 3.55. The third-order valence-corrected chi connectivity index (χ3v) is 4.64. The number of thiophene rings is 1. The molecule has 1 aliphatic heterocycles. The number of anilines is 1. The van der Waals surface area contributed by atoms with Crippen LogP contribution in [0.5, 0.6) is 0 Å². The summed E-state index contributed by atoms with van der Waals surface area (Å²) in [6.45, 7) is 9.02. The first-order valence-electron chi connectivity index (χ1n) is 6.99. The van der Waals surface area contributed by atoms with E-state index < -0.39 is 0 Å². The molecule has 0 aliphatic carbocycles. The first kappa shape index (κ1) is 13.7. The van der Waals surface area contributed by atoms with Gasteiger partial charge in [-0.2, -0.15) is 0 Å². The van der Waals surface area contributed by atoms with E-state index >= 15 is 0 Å². The number of nitrogens with one attached hydrogen (secondary N) is 1. The van der Waals surface area contributed by atoms with Crippen LogP contribution in [0.1, 0.15) is 12.5 Å². The molecule has 0 saturated carbocycles. The minimum absolute atomic E-state index is 0.355. The van der Waals surface area contributed by atoms with Crippen LogP contribution in [0.4, 0.5) is 5.82 Å². The molecule has 1 aliphatic rings. The number of hydrogen-bond donors (Lipinski definition) is 1. The van der Waals surface area contributed by atoms with Gasteiger partial charge in [0.1, 0.15) is 12.1 Å². The minimum Gasteiger partial charge on any atom is -0.379 e. The lowest BCUT2D eigenvalue weighted by Gasteiger charge is -2.29. The zero-order chi connectivity index (χ0) is 13.9. The number of rotatable bonds is 4. The standard InChI is InChI=1S/C14H20N4OS/c1-10-8-20-13-12(10)15-9-16-14(13)17-11(2)7-18-3-5-19-6-4-18/h8-9,11H,3-7H2,1-2H3,(H,15,16,17). The lowest BCUT2D eigenvalue weighted by molar-refractivity contribution is 0.0368. The van der Waals surface area contributed by atoms with Crippen LogP contribution < -0.4 is 5.32 Å². The van der Waals surface area contributed by atoms with Crippen LogP contribution in [0.15, 0.2) is 11.7 Å². The zero-order valence-electron chi connectivity index (χ0n) is 11.9. The highest BCUT2D eigenvalue weighted by molar-refractivity contribution is 7.18. The normalized spacial score (nSPS) is 18.3. The maximum atomic E-state index is 5.38. The van der Waals surface area contributed by atoms with E-state index in [1.165, 1.54) is 5.56 Å². The Morgan fingerprint density at radius 3 is 3.00 bits per heavy atom. The highest BCUT2D eigenvalue weighted by atomic mass is 32.1. The summed E-state index contributed by atoms with van der Waals surface area (Å²) in [6, 6.07) is 0.355. The van der Waals surface area contributed by atoms with Crippen LogP contribution in [0, 0.1) is 6.92 Å². The van der Waals surface area contributed by atoms with Gasteiger partial charge in [0.25, 0.3) is 0 Å². The second-order valence-electron chi connectivity index (χ2n) is 5.28. The Morgan fingerprint density at radius 1 is 1.40 bits per heavy atom. The van der Waals surface area contributed by atoms with Crippen LogP contribution in [-0.4, -0.2) is 53.8 Å². The van der Waals surface area contributed by atoms with Gasteiger partial charge in [0.15, 0.2) is 0 Å². The Balaban J connectivity index is 1.69. The van der Waals surface area contributed by atoms with E-state index in [0.717, 1.165) is 48.9 Å². The van der Waals surface area contributed by atoms with Gasteiger partial charge >= 0.3 is 0 Å². The average molecular weight is 292 g/mol. The van der Waals surface area contributed by atoms with E-state index in [1.807, 2.05) is 0 Å². The molecule has 1 fully saturated rings. The smallest absolute Gasteiger partial charge is 0.147 e. The van der Waals surface area contributed by atoms with Crippen molar-refractivity contribution >= 4 is 27.4 Å². The average Bonchev–Trinajstić information content (AvgIpc) is 2.83. The van der Waals surface area contributed by atoms with Crippen LogP contribution in [0.25, 0.3) is 10.2 Å². The summed E-state index contributed by atoms with van der Waals surface area (Å²) in [5, 5.41) is 5.66. The van der Waals surface area contributed by atoms with E-state index in [0.29, 0.717) is 6.04 Å². The quantitative estimate of drug-likeness (QED) is 0.935. The van der Waals surface area contributed by atoms with Crippen molar-refractivity contribution in [3.05, 3.63) is 17.3 Å². The molecule has 1 N–H and O–H groups in total. The minimum atomic E-state index is 0.355.